The van der Waals surface area contributed by atoms with Gasteiger partial charge in [0.25, 0.3) is 5.92 Å². The fraction of sp³-hybridized carbons (Fsp3) is 0.227. The van der Waals surface area contributed by atoms with E-state index >= 15 is 0 Å². The van der Waals surface area contributed by atoms with Crippen molar-refractivity contribution in [1.29, 1.82) is 0 Å². The van der Waals surface area contributed by atoms with Gasteiger partial charge in [-0.05, 0) is 48.2 Å². The molecule has 0 spiro atoms. The number of carboxylic acid groups (broad SMARTS) is 1. The maximum atomic E-state index is 13.4. The first-order valence-corrected chi connectivity index (χ1v) is 10.4. The highest BCUT2D eigenvalue weighted by atomic mass is 32.2. The van der Waals surface area contributed by atoms with Crippen LogP contribution in [0.15, 0.2) is 64.4 Å². The van der Waals surface area contributed by atoms with Gasteiger partial charge in [-0.1, -0.05) is 36.9 Å². The van der Waals surface area contributed by atoms with Gasteiger partial charge in [0.15, 0.2) is 0 Å². The van der Waals surface area contributed by atoms with Gasteiger partial charge in [-0.25, -0.2) is 22.0 Å². The minimum atomic E-state index is -3.67. The number of carbonyl (C=O) groups is 1. The van der Waals surface area contributed by atoms with Crippen LogP contribution in [-0.4, -0.2) is 19.5 Å². The van der Waals surface area contributed by atoms with Gasteiger partial charge in [-0.15, -0.1) is 0 Å². The van der Waals surface area contributed by atoms with Crippen LogP contribution < -0.4 is 0 Å². The monoisotopic (exact) mass is 418 g/mol. The molecule has 0 fully saturated rings. The number of fused-ring (bicyclic) bond motifs is 1. The molecule has 0 radical (unpaired) electrons. The van der Waals surface area contributed by atoms with Gasteiger partial charge in [0.05, 0.1) is 4.90 Å². The maximum Gasteiger partial charge on any atom is 0.332 e. The van der Waals surface area contributed by atoms with Gasteiger partial charge in [0.1, 0.15) is 0 Å². The zero-order valence-corrected chi connectivity index (χ0v) is 16.8. The third kappa shape index (κ3) is 4.00. The molecule has 29 heavy (non-hydrogen) atoms. The highest BCUT2D eigenvalue weighted by Crippen LogP contribution is 2.40. The van der Waals surface area contributed by atoms with Crippen molar-refractivity contribution in [3.8, 4) is 0 Å². The molecule has 152 valence electrons. The number of sulfone groups is 1. The molecule has 2 aromatic carbocycles. The standard InChI is InChI=1S/C22H20F2O4S/c1-13(2)29(27,28)17-8-9-18-15(11-17)12-20(21(25)26)19(18)10-14-4-6-16(7-5-14)22(3,23)24/h4-9,11-12,19H,1,10H2,2-3H3,(H,25,26). The fourth-order valence-electron chi connectivity index (χ4n) is 3.40. The van der Waals surface area contributed by atoms with Crippen molar-refractivity contribution in [2.24, 2.45) is 0 Å². The van der Waals surface area contributed by atoms with Crippen LogP contribution in [0, 0.1) is 0 Å². The SMILES string of the molecule is C=C(C)S(=O)(=O)c1ccc2c(c1)C=C(C(=O)O)C2Cc1ccc(C(C)(F)F)cc1. The summed E-state index contributed by atoms with van der Waals surface area (Å²) < 4.78 is 51.5. The zero-order valence-electron chi connectivity index (χ0n) is 15.9. The quantitative estimate of drug-likeness (QED) is 0.723. The lowest BCUT2D eigenvalue weighted by molar-refractivity contribution is -0.132. The molecule has 4 nitrogen and oxygen atoms in total. The Morgan fingerprint density at radius 1 is 1.17 bits per heavy atom. The van der Waals surface area contributed by atoms with Crippen LogP contribution in [0.1, 0.15) is 42.0 Å². The molecule has 1 aliphatic rings. The summed E-state index contributed by atoms with van der Waals surface area (Å²) >= 11 is 0. The molecule has 7 heteroatoms. The lowest BCUT2D eigenvalue weighted by Gasteiger charge is -2.16. The molecule has 1 aliphatic carbocycles. The zero-order chi connectivity index (χ0) is 21.6. The lowest BCUT2D eigenvalue weighted by atomic mass is 9.89. The number of carboxylic acids is 1. The summed E-state index contributed by atoms with van der Waals surface area (Å²) in [5, 5.41) is 9.60. The van der Waals surface area contributed by atoms with Crippen LogP contribution in [0.5, 0.6) is 0 Å². The van der Waals surface area contributed by atoms with Crippen molar-refractivity contribution in [1.82, 2.24) is 0 Å². The highest BCUT2D eigenvalue weighted by molar-refractivity contribution is 7.95. The van der Waals surface area contributed by atoms with Crippen LogP contribution in [0.3, 0.4) is 0 Å². The van der Waals surface area contributed by atoms with Crippen LogP contribution in [-0.2, 0) is 27.0 Å². The Bertz CT molecular complexity index is 1120. The van der Waals surface area contributed by atoms with E-state index in [9.17, 15) is 27.1 Å². The summed E-state index contributed by atoms with van der Waals surface area (Å²) in [4.78, 5) is 11.8. The Morgan fingerprint density at radius 3 is 2.31 bits per heavy atom. The number of alkyl halides is 2. The molecule has 0 saturated heterocycles. The molecule has 2 aromatic rings. The molecule has 3 rings (SSSR count). The second kappa shape index (κ2) is 7.22. The molecular formula is C22H20F2O4S. The van der Waals surface area contributed by atoms with Crippen molar-refractivity contribution in [2.75, 3.05) is 0 Å². The Labute approximate surface area is 168 Å². The van der Waals surface area contributed by atoms with Gasteiger partial charge in [0.2, 0.25) is 9.84 Å². The first-order valence-electron chi connectivity index (χ1n) is 8.88. The summed E-state index contributed by atoms with van der Waals surface area (Å²) in [6.45, 7) is 5.70. The van der Waals surface area contributed by atoms with Gasteiger partial charge in [0, 0.05) is 28.9 Å². The number of hydrogen-bond acceptors (Lipinski definition) is 3. The average Bonchev–Trinajstić information content (AvgIpc) is 2.99. The first kappa shape index (κ1) is 20.9. The summed E-state index contributed by atoms with van der Waals surface area (Å²) in [5.41, 5.74) is 1.94. The van der Waals surface area contributed by atoms with Crippen molar-refractivity contribution in [3.05, 3.63) is 81.8 Å². The average molecular weight is 418 g/mol. The van der Waals surface area contributed by atoms with E-state index in [-0.39, 0.29) is 20.9 Å². The largest absolute Gasteiger partial charge is 0.478 e. The first-order chi connectivity index (χ1) is 13.4. The van der Waals surface area contributed by atoms with Gasteiger partial charge >= 0.3 is 5.97 Å². The number of allylic oxidation sites excluding steroid dienone is 1. The van der Waals surface area contributed by atoms with Crippen LogP contribution in [0.25, 0.3) is 6.08 Å². The van der Waals surface area contributed by atoms with Crippen LogP contribution in [0.4, 0.5) is 8.78 Å². The van der Waals surface area contributed by atoms with Crippen molar-refractivity contribution >= 4 is 21.9 Å². The second-order valence-corrected chi connectivity index (χ2v) is 9.42. The van der Waals surface area contributed by atoms with Crippen molar-refractivity contribution < 1.29 is 27.1 Å². The molecule has 0 aliphatic heterocycles. The molecule has 0 amide bonds. The van der Waals surface area contributed by atoms with E-state index in [2.05, 4.69) is 6.58 Å². The van der Waals surface area contributed by atoms with E-state index in [4.69, 9.17) is 0 Å². The molecule has 0 heterocycles. The predicted molar refractivity (Wildman–Crippen MR) is 107 cm³/mol. The van der Waals surface area contributed by atoms with Crippen LogP contribution >= 0.6 is 0 Å². The number of halogens is 2. The van der Waals surface area contributed by atoms with E-state index in [1.165, 1.54) is 37.3 Å². The van der Waals surface area contributed by atoms with Gasteiger partial charge < -0.3 is 5.11 Å². The van der Waals surface area contributed by atoms with E-state index < -0.39 is 27.6 Å². The Hall–Kier alpha value is -2.80. The molecule has 0 aromatic heterocycles. The Kier molecular flexibility index (Phi) is 5.21. The molecular weight excluding hydrogens is 398 g/mol. The molecule has 1 unspecified atom stereocenters. The van der Waals surface area contributed by atoms with E-state index in [0.29, 0.717) is 23.1 Å². The number of benzene rings is 2. The highest BCUT2D eigenvalue weighted by Gasteiger charge is 2.31. The van der Waals surface area contributed by atoms with Crippen molar-refractivity contribution in [3.63, 3.8) is 0 Å². The number of hydrogen-bond donors (Lipinski definition) is 1. The third-order valence-electron chi connectivity index (χ3n) is 5.04. The topological polar surface area (TPSA) is 71.4 Å². The van der Waals surface area contributed by atoms with E-state index in [0.717, 1.165) is 6.92 Å². The Morgan fingerprint density at radius 2 is 1.79 bits per heavy atom. The summed E-state index contributed by atoms with van der Waals surface area (Å²) in [6, 6.07) is 10.3. The summed E-state index contributed by atoms with van der Waals surface area (Å²) in [7, 11) is -3.67. The second-order valence-electron chi connectivity index (χ2n) is 7.24. The fourth-order valence-corrected chi connectivity index (χ4v) is 4.33. The predicted octanol–water partition coefficient (Wildman–Crippen LogP) is 4.91. The molecule has 0 bridgehead atoms. The lowest BCUT2D eigenvalue weighted by Crippen LogP contribution is -2.11. The van der Waals surface area contributed by atoms with Crippen molar-refractivity contribution in [2.45, 2.75) is 37.0 Å². The molecule has 1 N–H and O–H groups in total. The van der Waals surface area contributed by atoms with E-state index in [1.54, 1.807) is 18.2 Å². The minimum Gasteiger partial charge on any atom is -0.478 e. The molecule has 1 atom stereocenters. The number of rotatable bonds is 6. The number of aliphatic carboxylic acids is 1. The normalized spacial score (nSPS) is 16.3. The van der Waals surface area contributed by atoms with Gasteiger partial charge in [-0.3, -0.25) is 0 Å². The smallest absolute Gasteiger partial charge is 0.332 e. The summed E-state index contributed by atoms with van der Waals surface area (Å²) in [5.74, 6) is -4.56. The van der Waals surface area contributed by atoms with Crippen LogP contribution in [0.2, 0.25) is 0 Å². The third-order valence-corrected chi connectivity index (χ3v) is 6.83. The Balaban J connectivity index is 1.98. The minimum absolute atomic E-state index is 0.00208. The summed E-state index contributed by atoms with van der Waals surface area (Å²) in [6.07, 6.45) is 1.77. The van der Waals surface area contributed by atoms with Gasteiger partial charge in [-0.2, -0.15) is 0 Å². The maximum absolute atomic E-state index is 13.4. The molecule has 0 saturated carbocycles. The van der Waals surface area contributed by atoms with E-state index in [1.807, 2.05) is 0 Å².